The molecular weight excluding hydrogens is 356 g/mol. The van der Waals surface area contributed by atoms with Crippen LogP contribution in [-0.4, -0.2) is 19.0 Å². The molecule has 0 aliphatic rings. The summed E-state index contributed by atoms with van der Waals surface area (Å²) in [4.78, 5) is 25.4. The van der Waals surface area contributed by atoms with Gasteiger partial charge in [-0.3, -0.25) is 0 Å². The average molecular weight is 376 g/mol. The Morgan fingerprint density at radius 3 is 2.11 bits per heavy atom. The maximum Gasteiger partial charge on any atom is 0.352 e. The summed E-state index contributed by atoms with van der Waals surface area (Å²) < 4.78 is 16.1. The minimum atomic E-state index is -1.18. The van der Waals surface area contributed by atoms with Crippen LogP contribution in [0.4, 0.5) is 0 Å². The fraction of sp³-hybridized carbons (Fsp3) is 0.130. The van der Waals surface area contributed by atoms with Gasteiger partial charge in [-0.05, 0) is 17.7 Å². The van der Waals surface area contributed by atoms with Crippen molar-refractivity contribution in [1.29, 1.82) is 0 Å². The topological polar surface area (TPSA) is 61.8 Å². The normalized spacial score (nSPS) is 11.3. The van der Waals surface area contributed by atoms with Gasteiger partial charge in [0.25, 0.3) is 0 Å². The molecule has 0 N–H and O–H groups in total. The molecule has 0 saturated carbocycles. The predicted molar refractivity (Wildman–Crippen MR) is 104 cm³/mol. The molecule has 0 fully saturated rings. The molecule has 0 spiro atoms. The summed E-state index contributed by atoms with van der Waals surface area (Å²) in [6, 6.07) is 24.8. The number of ether oxygens (including phenoxy) is 3. The second-order valence-electron chi connectivity index (χ2n) is 5.99. The van der Waals surface area contributed by atoms with Crippen molar-refractivity contribution in [3.05, 3.63) is 102 Å². The van der Waals surface area contributed by atoms with E-state index in [1.807, 2.05) is 36.4 Å². The van der Waals surface area contributed by atoms with Crippen molar-refractivity contribution >= 4 is 11.9 Å². The number of hydrogen-bond acceptors (Lipinski definition) is 5. The molecule has 5 nitrogen and oxygen atoms in total. The Bertz CT molecular complexity index is 922. The molecule has 0 heterocycles. The van der Waals surface area contributed by atoms with E-state index in [-0.39, 0.29) is 12.2 Å². The van der Waals surface area contributed by atoms with Crippen LogP contribution < -0.4 is 4.74 Å². The van der Waals surface area contributed by atoms with Crippen molar-refractivity contribution in [3.8, 4) is 5.75 Å². The Morgan fingerprint density at radius 2 is 1.43 bits per heavy atom. The molecule has 1 atom stereocenters. The average Bonchev–Trinajstić information content (AvgIpc) is 2.77. The van der Waals surface area contributed by atoms with E-state index in [1.54, 1.807) is 48.5 Å². The monoisotopic (exact) mass is 376 g/mol. The van der Waals surface area contributed by atoms with Crippen LogP contribution in [0.5, 0.6) is 5.75 Å². The number of para-hydroxylation sites is 1. The van der Waals surface area contributed by atoms with E-state index < -0.39 is 18.0 Å². The lowest BCUT2D eigenvalue weighted by Gasteiger charge is -2.18. The second-order valence-corrected chi connectivity index (χ2v) is 5.99. The molecule has 3 aromatic carbocycles. The first-order chi connectivity index (χ1) is 13.7. The number of carbonyl (C=O) groups is 2. The van der Waals surface area contributed by atoms with Gasteiger partial charge in [0.2, 0.25) is 6.10 Å². The van der Waals surface area contributed by atoms with Crippen LogP contribution in [0.25, 0.3) is 0 Å². The molecule has 0 radical (unpaired) electrons. The minimum absolute atomic E-state index is 0.0925. The summed E-state index contributed by atoms with van der Waals surface area (Å²) in [6.45, 7) is 0.0925. The van der Waals surface area contributed by atoms with E-state index in [9.17, 15) is 9.59 Å². The largest absolute Gasteiger partial charge is 0.496 e. The van der Waals surface area contributed by atoms with Crippen LogP contribution in [-0.2, 0) is 20.9 Å². The van der Waals surface area contributed by atoms with E-state index in [2.05, 4.69) is 0 Å². The van der Waals surface area contributed by atoms with Gasteiger partial charge in [-0.15, -0.1) is 0 Å². The Labute approximate surface area is 163 Å². The maximum absolute atomic E-state index is 12.7. The summed E-state index contributed by atoms with van der Waals surface area (Å²) in [5.74, 6) is -0.932. The van der Waals surface area contributed by atoms with E-state index >= 15 is 0 Å². The first kappa shape index (κ1) is 19.2. The number of methoxy groups -OCH3 is 1. The van der Waals surface area contributed by atoms with Gasteiger partial charge < -0.3 is 14.2 Å². The summed E-state index contributed by atoms with van der Waals surface area (Å²) >= 11 is 0. The Morgan fingerprint density at radius 1 is 0.821 bits per heavy atom. The third kappa shape index (κ3) is 4.76. The molecule has 0 saturated heterocycles. The lowest BCUT2D eigenvalue weighted by molar-refractivity contribution is -0.155. The highest BCUT2D eigenvalue weighted by atomic mass is 16.6. The zero-order chi connectivity index (χ0) is 19.8. The molecule has 0 aliphatic heterocycles. The van der Waals surface area contributed by atoms with Gasteiger partial charge in [0.1, 0.15) is 17.9 Å². The molecule has 5 heteroatoms. The smallest absolute Gasteiger partial charge is 0.352 e. The van der Waals surface area contributed by atoms with Gasteiger partial charge in [-0.2, -0.15) is 0 Å². The Kier molecular flexibility index (Phi) is 6.41. The summed E-state index contributed by atoms with van der Waals surface area (Å²) in [5, 5.41) is 0. The fourth-order valence-electron chi connectivity index (χ4n) is 2.67. The predicted octanol–water partition coefficient (Wildman–Crippen LogP) is 4.34. The van der Waals surface area contributed by atoms with Gasteiger partial charge in [0, 0.05) is 5.56 Å². The summed E-state index contributed by atoms with van der Waals surface area (Å²) in [6.07, 6.45) is -1.18. The lowest BCUT2D eigenvalue weighted by Crippen LogP contribution is -2.22. The molecule has 28 heavy (non-hydrogen) atoms. The van der Waals surface area contributed by atoms with E-state index in [1.165, 1.54) is 7.11 Å². The highest BCUT2D eigenvalue weighted by molar-refractivity contribution is 5.94. The Balaban J connectivity index is 1.79. The summed E-state index contributed by atoms with van der Waals surface area (Å²) in [5.41, 5.74) is 1.62. The van der Waals surface area contributed by atoms with E-state index in [0.29, 0.717) is 11.3 Å². The number of benzene rings is 3. The van der Waals surface area contributed by atoms with Crippen molar-refractivity contribution < 1.29 is 23.8 Å². The molecule has 3 rings (SSSR count). The third-order valence-electron chi connectivity index (χ3n) is 4.09. The van der Waals surface area contributed by atoms with Gasteiger partial charge in [0.15, 0.2) is 0 Å². The van der Waals surface area contributed by atoms with E-state index in [0.717, 1.165) is 5.56 Å². The molecule has 3 aromatic rings. The SMILES string of the molecule is COc1ccccc1C(=O)OC(C(=O)OCc1ccccc1)c1ccccc1. The molecule has 0 bridgehead atoms. The van der Waals surface area contributed by atoms with Gasteiger partial charge in [0.05, 0.1) is 7.11 Å². The highest BCUT2D eigenvalue weighted by Crippen LogP contribution is 2.25. The minimum Gasteiger partial charge on any atom is -0.496 e. The zero-order valence-electron chi connectivity index (χ0n) is 15.4. The number of hydrogen-bond donors (Lipinski definition) is 0. The van der Waals surface area contributed by atoms with Crippen molar-refractivity contribution in [1.82, 2.24) is 0 Å². The quantitative estimate of drug-likeness (QED) is 0.574. The molecule has 0 aliphatic carbocycles. The third-order valence-corrected chi connectivity index (χ3v) is 4.09. The van der Waals surface area contributed by atoms with E-state index in [4.69, 9.17) is 14.2 Å². The van der Waals surface area contributed by atoms with Crippen LogP contribution in [0.2, 0.25) is 0 Å². The molecule has 1 unspecified atom stereocenters. The molecule has 142 valence electrons. The molecule has 0 amide bonds. The maximum atomic E-state index is 12.7. The summed E-state index contributed by atoms with van der Waals surface area (Å²) in [7, 11) is 1.47. The zero-order valence-corrected chi connectivity index (χ0v) is 15.4. The van der Waals surface area contributed by atoms with Crippen LogP contribution >= 0.6 is 0 Å². The van der Waals surface area contributed by atoms with Crippen molar-refractivity contribution in [2.75, 3.05) is 7.11 Å². The van der Waals surface area contributed by atoms with Crippen molar-refractivity contribution in [3.63, 3.8) is 0 Å². The highest BCUT2D eigenvalue weighted by Gasteiger charge is 2.28. The first-order valence-electron chi connectivity index (χ1n) is 8.78. The molecule has 0 aromatic heterocycles. The van der Waals surface area contributed by atoms with Crippen molar-refractivity contribution in [2.45, 2.75) is 12.7 Å². The fourth-order valence-corrected chi connectivity index (χ4v) is 2.67. The van der Waals surface area contributed by atoms with Crippen molar-refractivity contribution in [2.24, 2.45) is 0 Å². The van der Waals surface area contributed by atoms with Crippen LogP contribution in [0.15, 0.2) is 84.9 Å². The van der Waals surface area contributed by atoms with Gasteiger partial charge in [-0.25, -0.2) is 9.59 Å². The number of rotatable bonds is 7. The standard InChI is InChI=1S/C23H20O5/c1-26-20-15-9-8-14-19(20)22(24)28-21(18-12-6-3-7-13-18)23(25)27-16-17-10-4-2-5-11-17/h2-15,21H,16H2,1H3. The number of carbonyl (C=O) groups excluding carboxylic acids is 2. The Hall–Kier alpha value is -3.60. The second kappa shape index (κ2) is 9.37. The molecular formula is C23H20O5. The van der Waals surface area contributed by atoms with Gasteiger partial charge in [-0.1, -0.05) is 72.8 Å². The van der Waals surface area contributed by atoms with Gasteiger partial charge >= 0.3 is 11.9 Å². The van der Waals surface area contributed by atoms with Crippen LogP contribution in [0.1, 0.15) is 27.6 Å². The lowest BCUT2D eigenvalue weighted by atomic mass is 10.1. The van der Waals surface area contributed by atoms with Crippen LogP contribution in [0.3, 0.4) is 0 Å². The first-order valence-corrected chi connectivity index (χ1v) is 8.78. The van der Waals surface area contributed by atoms with Crippen LogP contribution in [0, 0.1) is 0 Å². The number of esters is 2.